The number of hydrogen-bond acceptors (Lipinski definition) is 2. The Morgan fingerprint density at radius 1 is 1.62 bits per heavy atom. The quantitative estimate of drug-likeness (QED) is 0.666. The predicted molar refractivity (Wildman–Crippen MR) is 49.8 cm³/mol. The molecule has 13 heavy (non-hydrogen) atoms. The molecule has 1 heterocycles. The van der Waals surface area contributed by atoms with Gasteiger partial charge in [0, 0.05) is 12.3 Å². The smallest absolute Gasteiger partial charge is 0.169 e. The predicted octanol–water partition coefficient (Wildman–Crippen LogP) is 2.82. The monoisotopic (exact) mass is 178 g/mol. The fourth-order valence-electron chi connectivity index (χ4n) is 1.72. The van der Waals surface area contributed by atoms with Crippen LogP contribution < -0.4 is 0 Å². The van der Waals surface area contributed by atoms with Crippen molar-refractivity contribution in [3.8, 4) is 0 Å². The Kier molecular flexibility index (Phi) is 2.21. The summed E-state index contributed by atoms with van der Waals surface area (Å²) in [5, 5.41) is 0. The Bertz CT molecular complexity index is 308. The van der Waals surface area contributed by atoms with Crippen LogP contribution in [0.2, 0.25) is 0 Å². The highest BCUT2D eigenvalue weighted by atomic mass is 16.3. The van der Waals surface area contributed by atoms with E-state index < -0.39 is 0 Å². The van der Waals surface area contributed by atoms with E-state index in [1.165, 1.54) is 6.42 Å². The summed E-state index contributed by atoms with van der Waals surface area (Å²) < 4.78 is 5.23. The zero-order chi connectivity index (χ0) is 9.26. The summed E-state index contributed by atoms with van der Waals surface area (Å²) in [4.78, 5) is 11.8. The molecule has 0 aliphatic heterocycles. The molecule has 1 aromatic heterocycles. The van der Waals surface area contributed by atoms with E-state index in [0.29, 0.717) is 0 Å². The Morgan fingerprint density at radius 2 is 2.38 bits per heavy atom. The van der Waals surface area contributed by atoms with Crippen molar-refractivity contribution in [2.45, 2.75) is 32.6 Å². The van der Waals surface area contributed by atoms with E-state index in [0.717, 1.165) is 30.6 Å². The zero-order valence-corrected chi connectivity index (χ0v) is 7.88. The molecule has 1 aliphatic carbocycles. The van der Waals surface area contributed by atoms with Crippen LogP contribution in [-0.2, 0) is 6.42 Å². The first-order valence-corrected chi connectivity index (χ1v) is 4.93. The van der Waals surface area contributed by atoms with Crippen LogP contribution in [0.25, 0.3) is 0 Å². The van der Waals surface area contributed by atoms with Gasteiger partial charge in [0.25, 0.3) is 0 Å². The molecular weight excluding hydrogens is 164 g/mol. The Labute approximate surface area is 77.9 Å². The average Bonchev–Trinajstić information content (AvgIpc) is 2.47. The fourth-order valence-corrected chi connectivity index (χ4v) is 1.72. The highest BCUT2D eigenvalue weighted by molar-refractivity contribution is 5.99. The van der Waals surface area contributed by atoms with Gasteiger partial charge in [-0.3, -0.25) is 4.79 Å². The van der Waals surface area contributed by atoms with E-state index in [4.69, 9.17) is 4.42 Å². The van der Waals surface area contributed by atoms with Gasteiger partial charge in [-0.2, -0.15) is 0 Å². The molecule has 0 radical (unpaired) electrons. The highest BCUT2D eigenvalue weighted by Crippen LogP contribution is 2.31. The standard InChI is InChI=1S/C11H14O2/c1-2-10-9(6-7-13-10)11(12)8-4-3-5-8/h6-8H,2-5H2,1H3. The summed E-state index contributed by atoms with van der Waals surface area (Å²) in [6.45, 7) is 2.01. The van der Waals surface area contributed by atoms with Crippen LogP contribution >= 0.6 is 0 Å². The van der Waals surface area contributed by atoms with Crippen LogP contribution in [0.15, 0.2) is 16.7 Å². The van der Waals surface area contributed by atoms with Gasteiger partial charge in [-0.25, -0.2) is 0 Å². The number of Topliss-reactive ketones (excluding diaryl/α,β-unsaturated/α-hetero) is 1. The van der Waals surface area contributed by atoms with E-state index in [1.807, 2.05) is 6.92 Å². The third-order valence-electron chi connectivity index (χ3n) is 2.81. The van der Waals surface area contributed by atoms with E-state index in [-0.39, 0.29) is 11.7 Å². The third kappa shape index (κ3) is 1.41. The van der Waals surface area contributed by atoms with Crippen LogP contribution in [0.5, 0.6) is 0 Å². The molecule has 0 amide bonds. The first-order valence-electron chi connectivity index (χ1n) is 4.93. The summed E-state index contributed by atoms with van der Waals surface area (Å²) in [5.74, 6) is 1.41. The van der Waals surface area contributed by atoms with Gasteiger partial charge < -0.3 is 4.42 Å². The van der Waals surface area contributed by atoms with Crippen LogP contribution in [0.3, 0.4) is 0 Å². The second-order valence-electron chi connectivity index (χ2n) is 3.60. The second kappa shape index (κ2) is 3.36. The number of aryl methyl sites for hydroxylation is 1. The first-order chi connectivity index (χ1) is 6.33. The van der Waals surface area contributed by atoms with Crippen molar-refractivity contribution in [1.82, 2.24) is 0 Å². The van der Waals surface area contributed by atoms with Crippen LogP contribution in [0.1, 0.15) is 42.3 Å². The molecule has 0 unspecified atom stereocenters. The number of carbonyl (C=O) groups excluding carboxylic acids is 1. The Hall–Kier alpha value is -1.05. The summed E-state index contributed by atoms with van der Waals surface area (Å²) in [6, 6.07) is 1.81. The molecule has 1 fully saturated rings. The third-order valence-corrected chi connectivity index (χ3v) is 2.81. The van der Waals surface area contributed by atoms with Crippen molar-refractivity contribution in [1.29, 1.82) is 0 Å². The molecular formula is C11H14O2. The maximum Gasteiger partial charge on any atom is 0.169 e. The van der Waals surface area contributed by atoms with Crippen molar-refractivity contribution < 1.29 is 9.21 Å². The molecule has 0 N–H and O–H groups in total. The van der Waals surface area contributed by atoms with Gasteiger partial charge in [-0.05, 0) is 18.9 Å². The van der Waals surface area contributed by atoms with Crippen LogP contribution in [0.4, 0.5) is 0 Å². The second-order valence-corrected chi connectivity index (χ2v) is 3.60. The normalized spacial score (nSPS) is 17.0. The summed E-state index contributed by atoms with van der Waals surface area (Å²) in [7, 11) is 0. The van der Waals surface area contributed by atoms with Gasteiger partial charge in [0.05, 0.1) is 11.8 Å². The topological polar surface area (TPSA) is 30.2 Å². The molecule has 2 heteroatoms. The lowest BCUT2D eigenvalue weighted by Gasteiger charge is -2.23. The molecule has 0 spiro atoms. The van der Waals surface area contributed by atoms with Gasteiger partial charge in [0.15, 0.2) is 5.78 Å². The minimum Gasteiger partial charge on any atom is -0.469 e. The van der Waals surface area contributed by atoms with E-state index in [9.17, 15) is 4.79 Å². The van der Waals surface area contributed by atoms with Gasteiger partial charge in [-0.15, -0.1) is 0 Å². The SMILES string of the molecule is CCc1occc1C(=O)C1CCC1. The number of ketones is 1. The Balaban J connectivity index is 2.18. The van der Waals surface area contributed by atoms with Crippen LogP contribution in [-0.4, -0.2) is 5.78 Å². The summed E-state index contributed by atoms with van der Waals surface area (Å²) in [6.07, 6.45) is 5.75. The van der Waals surface area contributed by atoms with Crippen LogP contribution in [0, 0.1) is 5.92 Å². The molecule has 2 nitrogen and oxygen atoms in total. The maximum atomic E-state index is 11.8. The maximum absolute atomic E-state index is 11.8. The molecule has 0 bridgehead atoms. The highest BCUT2D eigenvalue weighted by Gasteiger charge is 2.28. The molecule has 0 aromatic carbocycles. The zero-order valence-electron chi connectivity index (χ0n) is 7.88. The lowest BCUT2D eigenvalue weighted by molar-refractivity contribution is 0.0853. The lowest BCUT2D eigenvalue weighted by Crippen LogP contribution is -2.22. The number of carbonyl (C=O) groups is 1. The number of hydrogen-bond donors (Lipinski definition) is 0. The summed E-state index contributed by atoms with van der Waals surface area (Å²) >= 11 is 0. The minimum absolute atomic E-state index is 0.280. The molecule has 1 aromatic rings. The average molecular weight is 178 g/mol. The molecule has 2 rings (SSSR count). The van der Waals surface area contributed by atoms with Crippen molar-refractivity contribution in [2.75, 3.05) is 0 Å². The van der Waals surface area contributed by atoms with Gasteiger partial charge in [0.2, 0.25) is 0 Å². The van der Waals surface area contributed by atoms with E-state index >= 15 is 0 Å². The van der Waals surface area contributed by atoms with Gasteiger partial charge in [0.1, 0.15) is 5.76 Å². The fraction of sp³-hybridized carbons (Fsp3) is 0.545. The van der Waals surface area contributed by atoms with Gasteiger partial charge in [-0.1, -0.05) is 13.3 Å². The summed E-state index contributed by atoms with van der Waals surface area (Å²) in [5.41, 5.74) is 0.812. The van der Waals surface area contributed by atoms with Crippen molar-refractivity contribution in [2.24, 2.45) is 5.92 Å². The van der Waals surface area contributed by atoms with E-state index in [1.54, 1.807) is 12.3 Å². The molecule has 1 saturated carbocycles. The van der Waals surface area contributed by atoms with Crippen molar-refractivity contribution in [3.05, 3.63) is 23.7 Å². The first kappa shape index (κ1) is 8.54. The lowest BCUT2D eigenvalue weighted by atomic mass is 9.80. The van der Waals surface area contributed by atoms with Gasteiger partial charge >= 0.3 is 0 Å². The molecule has 0 saturated heterocycles. The Morgan fingerprint density at radius 3 is 2.92 bits per heavy atom. The molecule has 1 aliphatic rings. The molecule has 0 atom stereocenters. The number of rotatable bonds is 3. The van der Waals surface area contributed by atoms with Crippen molar-refractivity contribution >= 4 is 5.78 Å². The van der Waals surface area contributed by atoms with E-state index in [2.05, 4.69) is 0 Å². The molecule has 70 valence electrons. The largest absolute Gasteiger partial charge is 0.469 e. The number of furan rings is 1. The minimum atomic E-state index is 0.280. The van der Waals surface area contributed by atoms with Crippen molar-refractivity contribution in [3.63, 3.8) is 0 Å².